The second-order valence-corrected chi connectivity index (χ2v) is 7.02. The Hall–Kier alpha value is -1.11. The molecule has 2 aromatic rings. The van der Waals surface area contributed by atoms with E-state index in [1.807, 2.05) is 50.5 Å². The Morgan fingerprint density at radius 3 is 2.45 bits per heavy atom. The van der Waals surface area contributed by atoms with Gasteiger partial charge in [-0.15, -0.1) is 12.1 Å². The number of carbonyl (C=O) groups excluding carboxylic acids is 2. The molecule has 0 bridgehead atoms. The molecule has 0 radical (unpaired) electrons. The third-order valence-electron chi connectivity index (χ3n) is 5.01. The monoisotopic (exact) mass is 417 g/mol. The Labute approximate surface area is 217 Å². The van der Waals surface area contributed by atoms with Crippen molar-refractivity contribution in [1.82, 2.24) is 0 Å². The van der Waals surface area contributed by atoms with E-state index in [0.717, 1.165) is 53.8 Å². The number of nitrogens with one attached hydrogen (secondary N) is 1. The molecule has 1 saturated carbocycles. The van der Waals surface area contributed by atoms with E-state index in [4.69, 9.17) is 4.74 Å². The topological polar surface area (TPSA) is 55.4 Å². The summed E-state index contributed by atoms with van der Waals surface area (Å²) in [6.07, 6.45) is 8.12. The van der Waals surface area contributed by atoms with Crippen molar-refractivity contribution in [1.29, 1.82) is 0 Å². The van der Waals surface area contributed by atoms with Gasteiger partial charge in [-0.2, -0.15) is 12.8 Å². The van der Waals surface area contributed by atoms with Gasteiger partial charge in [0.25, 0.3) is 0 Å². The first-order valence-electron chi connectivity index (χ1n) is 9.53. The van der Waals surface area contributed by atoms with Crippen LogP contribution < -0.4 is 61.4 Å². The maximum absolute atomic E-state index is 12.1. The van der Waals surface area contributed by atoms with E-state index in [-0.39, 0.29) is 63.2 Å². The number of rotatable bonds is 4. The van der Waals surface area contributed by atoms with Gasteiger partial charge in [-0.25, -0.2) is 11.6 Å². The summed E-state index contributed by atoms with van der Waals surface area (Å²) in [5, 5.41) is 2.98. The molecule has 150 valence electrons. The zero-order valence-corrected chi connectivity index (χ0v) is 21.0. The number of ether oxygens (including phenoxy) is 1. The first-order chi connectivity index (χ1) is 13.5. The fourth-order valence-corrected chi connectivity index (χ4v) is 3.13. The maximum Gasteiger partial charge on any atom is 1.00 e. The maximum atomic E-state index is 12.1. The molecular weight excluding hydrogens is 389 g/mol. The van der Waals surface area contributed by atoms with E-state index in [1.54, 1.807) is 13.2 Å². The van der Waals surface area contributed by atoms with Crippen LogP contribution in [0.3, 0.4) is 0 Å². The van der Waals surface area contributed by atoms with Crippen molar-refractivity contribution in [3.8, 4) is 5.75 Å². The molecule has 1 aliphatic rings. The van der Waals surface area contributed by atoms with Crippen LogP contribution in [0.2, 0.25) is 0 Å². The molecule has 0 spiro atoms. The van der Waals surface area contributed by atoms with Gasteiger partial charge in [-0.3, -0.25) is 22.8 Å². The number of hydrogen-bond donors (Lipinski definition) is 1. The zero-order valence-electron chi connectivity index (χ0n) is 17.9. The summed E-state index contributed by atoms with van der Waals surface area (Å²) >= 11 is 0. The number of hydrogen-bond acceptors (Lipinski definition) is 3. The van der Waals surface area contributed by atoms with E-state index in [1.165, 1.54) is 0 Å². The second kappa shape index (κ2) is 13.2. The molecule has 0 aromatic heterocycles. The average Bonchev–Trinajstić information content (AvgIpc) is 2.72. The standard InChI is InChI=1S/C15H20NO2.C9H8O.K/c1-11-8-9-13(10-14(11)18-2)16-15(17)12-6-4-3-5-7-12;1-7-4-3-5-9(6-10)8(7)2;/h3,8-10,12H,4-7H2,1-2H3,(H,16,17);3-5H,2H2,1H3;/q-1;-2;+1. The summed E-state index contributed by atoms with van der Waals surface area (Å²) in [6.45, 7) is 7.64. The van der Waals surface area contributed by atoms with Crippen LogP contribution >= 0.6 is 0 Å². The SMILES string of the molecule is COc1cc(NC(=O)C2CC[CH-]CC2)ccc1C.[CH2-]c1c(C)cccc1[C-]=O.[K+]. The van der Waals surface area contributed by atoms with E-state index in [9.17, 15) is 9.59 Å². The smallest absolute Gasteiger partial charge is 0.496 e. The van der Waals surface area contributed by atoms with Crippen LogP contribution in [0.15, 0.2) is 36.4 Å². The molecule has 0 aliphatic heterocycles. The Morgan fingerprint density at radius 1 is 1.17 bits per heavy atom. The molecule has 0 heterocycles. The summed E-state index contributed by atoms with van der Waals surface area (Å²) in [5.74, 6) is 1.10. The van der Waals surface area contributed by atoms with Gasteiger partial charge in [-0.1, -0.05) is 25.8 Å². The van der Waals surface area contributed by atoms with Crippen molar-refractivity contribution < 1.29 is 65.7 Å². The molecule has 5 heteroatoms. The Kier molecular flexibility index (Phi) is 11.8. The van der Waals surface area contributed by atoms with Gasteiger partial charge < -0.3 is 21.3 Å². The predicted molar refractivity (Wildman–Crippen MR) is 113 cm³/mol. The summed E-state index contributed by atoms with van der Waals surface area (Å²) in [6, 6.07) is 11.2. The van der Waals surface area contributed by atoms with Crippen molar-refractivity contribution in [2.45, 2.75) is 39.5 Å². The van der Waals surface area contributed by atoms with E-state index < -0.39 is 0 Å². The van der Waals surface area contributed by atoms with Crippen LogP contribution in [-0.4, -0.2) is 19.3 Å². The minimum Gasteiger partial charge on any atom is -0.496 e. The molecule has 1 fully saturated rings. The molecule has 1 aliphatic carbocycles. The summed E-state index contributed by atoms with van der Waals surface area (Å²) < 4.78 is 5.26. The molecule has 0 saturated heterocycles. The number of benzene rings is 2. The van der Waals surface area contributed by atoms with E-state index in [2.05, 4.69) is 18.7 Å². The number of carbonyl (C=O) groups is 1. The zero-order chi connectivity index (χ0) is 20.5. The molecule has 1 N–H and O–H groups in total. The minimum absolute atomic E-state index is 0. The molecule has 3 rings (SSSR count). The van der Waals surface area contributed by atoms with Gasteiger partial charge in [-0.05, 0) is 24.8 Å². The van der Waals surface area contributed by atoms with Crippen molar-refractivity contribution in [3.63, 3.8) is 0 Å². The first kappa shape index (κ1) is 25.9. The van der Waals surface area contributed by atoms with Crippen LogP contribution in [0.5, 0.6) is 5.75 Å². The summed E-state index contributed by atoms with van der Waals surface area (Å²) in [5.41, 5.74) is 4.25. The largest absolute Gasteiger partial charge is 1.00 e. The van der Waals surface area contributed by atoms with Crippen LogP contribution in [0.4, 0.5) is 5.69 Å². The van der Waals surface area contributed by atoms with Gasteiger partial charge in [0.1, 0.15) is 5.75 Å². The fourth-order valence-electron chi connectivity index (χ4n) is 3.13. The average molecular weight is 418 g/mol. The normalized spacial score (nSPS) is 13.3. The van der Waals surface area contributed by atoms with Gasteiger partial charge in [0, 0.05) is 17.7 Å². The third-order valence-corrected chi connectivity index (χ3v) is 5.01. The second-order valence-electron chi connectivity index (χ2n) is 7.02. The van der Waals surface area contributed by atoms with Gasteiger partial charge >= 0.3 is 51.4 Å². The number of aryl methyl sites for hydroxylation is 2. The van der Waals surface area contributed by atoms with Crippen LogP contribution in [-0.2, 0) is 9.59 Å². The summed E-state index contributed by atoms with van der Waals surface area (Å²) in [4.78, 5) is 22.3. The molecule has 29 heavy (non-hydrogen) atoms. The fraction of sp³-hybridized carbons (Fsp3) is 0.333. The van der Waals surface area contributed by atoms with Crippen LogP contribution in [0, 0.1) is 33.1 Å². The van der Waals surface area contributed by atoms with Crippen molar-refractivity contribution in [3.05, 3.63) is 72.0 Å². The van der Waals surface area contributed by atoms with Crippen molar-refractivity contribution in [2.24, 2.45) is 5.92 Å². The quantitative estimate of drug-likeness (QED) is 0.611. The molecule has 0 unspecified atom stereocenters. The molecule has 2 aromatic carbocycles. The molecule has 0 atom stereocenters. The van der Waals surface area contributed by atoms with Gasteiger partial charge in [0.05, 0.1) is 7.11 Å². The summed E-state index contributed by atoms with van der Waals surface area (Å²) in [7, 11) is 1.64. The Morgan fingerprint density at radius 2 is 1.86 bits per heavy atom. The minimum atomic E-state index is 0. The number of anilines is 1. The Balaban J connectivity index is 0.000000327. The van der Waals surface area contributed by atoms with Crippen molar-refractivity contribution >= 4 is 17.9 Å². The molecule has 4 nitrogen and oxygen atoms in total. The number of amides is 1. The van der Waals surface area contributed by atoms with Crippen LogP contribution in [0.1, 0.15) is 47.9 Å². The first-order valence-corrected chi connectivity index (χ1v) is 9.53. The molecule has 1 amide bonds. The third kappa shape index (κ3) is 7.91. The van der Waals surface area contributed by atoms with E-state index >= 15 is 0 Å². The predicted octanol–water partition coefficient (Wildman–Crippen LogP) is 1.98. The van der Waals surface area contributed by atoms with E-state index in [0.29, 0.717) is 5.56 Å². The van der Waals surface area contributed by atoms with Gasteiger partial charge in [0.15, 0.2) is 0 Å². The van der Waals surface area contributed by atoms with Gasteiger partial charge in [0.2, 0.25) is 5.91 Å². The number of methoxy groups -OCH3 is 1. The Bertz CT molecular complexity index is 814. The van der Waals surface area contributed by atoms with Crippen LogP contribution in [0.25, 0.3) is 0 Å². The molecular formula is C24H28KNO3-2. The van der Waals surface area contributed by atoms with Crippen molar-refractivity contribution in [2.75, 3.05) is 12.4 Å².